The van der Waals surface area contributed by atoms with Gasteiger partial charge in [0.2, 0.25) is 0 Å². The molecule has 0 spiro atoms. The van der Waals surface area contributed by atoms with Crippen LogP contribution >= 0.6 is 11.6 Å². The van der Waals surface area contributed by atoms with E-state index in [1.54, 1.807) is 18.2 Å². The second kappa shape index (κ2) is 18.6. The number of para-hydroxylation sites is 1. The van der Waals surface area contributed by atoms with E-state index in [4.69, 9.17) is 26.8 Å². The zero-order valence-corrected chi connectivity index (χ0v) is 25.6. The Balaban J connectivity index is 0.000000395. The summed E-state index contributed by atoms with van der Waals surface area (Å²) in [7, 11) is 0. The van der Waals surface area contributed by atoms with Crippen LogP contribution in [-0.4, -0.2) is 73.0 Å². The molecule has 218 valence electrons. The van der Waals surface area contributed by atoms with Gasteiger partial charge in [0.15, 0.2) is 5.78 Å². The van der Waals surface area contributed by atoms with E-state index in [1.807, 2.05) is 31.2 Å². The number of nitrogen functional groups attached to an aromatic ring is 1. The molecule has 2 rings (SSSR count). The van der Waals surface area contributed by atoms with Gasteiger partial charge in [-0.25, -0.2) is 4.79 Å². The van der Waals surface area contributed by atoms with Crippen molar-refractivity contribution in [1.29, 1.82) is 0 Å². The standard InChI is InChI=1S/C18H29NO2.C13H19ClN2O2/c1-6-9-17(20)16-10-7-8-11-18(16)21-13-12-19(14(2)3)15(4)5;1-3-16(4-2)7-8-18-13(17)11-6-5-10(15)9-12(11)14/h7-8,10-11,14-15H,6,9,12-13H2,1-5H3;5-6,9H,3-4,7-8,15H2,1-2H3. The number of Topliss-reactive ketones (excluding diaryl/α,β-unsaturated/α-hetero) is 1. The van der Waals surface area contributed by atoms with Crippen molar-refractivity contribution in [2.24, 2.45) is 0 Å². The highest BCUT2D eigenvalue weighted by Crippen LogP contribution is 2.21. The molecule has 0 radical (unpaired) electrons. The minimum atomic E-state index is -0.410. The molecule has 0 saturated heterocycles. The normalized spacial score (nSPS) is 11.1. The van der Waals surface area contributed by atoms with E-state index in [-0.39, 0.29) is 5.78 Å². The van der Waals surface area contributed by atoms with E-state index < -0.39 is 5.97 Å². The number of carbonyl (C=O) groups excluding carboxylic acids is 2. The van der Waals surface area contributed by atoms with Crippen LogP contribution in [0.15, 0.2) is 42.5 Å². The number of anilines is 1. The third kappa shape index (κ3) is 12.4. The summed E-state index contributed by atoms with van der Waals surface area (Å²) in [5.41, 5.74) is 7.15. The maximum absolute atomic E-state index is 12.1. The molecular formula is C31H48ClN3O4. The van der Waals surface area contributed by atoms with Crippen LogP contribution in [0.3, 0.4) is 0 Å². The van der Waals surface area contributed by atoms with E-state index in [0.29, 0.717) is 59.3 Å². The molecule has 2 aromatic rings. The summed E-state index contributed by atoms with van der Waals surface area (Å²) in [5, 5.41) is 0.322. The molecule has 39 heavy (non-hydrogen) atoms. The molecule has 0 aromatic heterocycles. The quantitative estimate of drug-likeness (QED) is 0.149. The lowest BCUT2D eigenvalue weighted by Crippen LogP contribution is -2.39. The molecule has 2 N–H and O–H groups in total. The maximum atomic E-state index is 12.1. The number of ether oxygens (including phenoxy) is 2. The zero-order chi connectivity index (χ0) is 29.4. The summed E-state index contributed by atoms with van der Waals surface area (Å²) >= 11 is 5.93. The predicted molar refractivity (Wildman–Crippen MR) is 162 cm³/mol. The Morgan fingerprint density at radius 2 is 1.54 bits per heavy atom. The highest BCUT2D eigenvalue weighted by atomic mass is 35.5. The van der Waals surface area contributed by atoms with Crippen molar-refractivity contribution in [3.8, 4) is 5.75 Å². The number of hydrogen-bond acceptors (Lipinski definition) is 7. The van der Waals surface area contributed by atoms with Gasteiger partial charge in [0.05, 0.1) is 16.1 Å². The number of nitrogens with two attached hydrogens (primary N) is 1. The molecule has 7 nitrogen and oxygen atoms in total. The lowest BCUT2D eigenvalue weighted by Gasteiger charge is -2.30. The van der Waals surface area contributed by atoms with E-state index in [2.05, 4.69) is 51.3 Å². The number of ketones is 1. The van der Waals surface area contributed by atoms with Crippen molar-refractivity contribution >= 4 is 29.0 Å². The van der Waals surface area contributed by atoms with Crippen molar-refractivity contribution < 1.29 is 19.1 Å². The molecule has 0 heterocycles. The third-order valence-electron chi connectivity index (χ3n) is 6.35. The van der Waals surface area contributed by atoms with E-state index in [1.165, 1.54) is 0 Å². The lowest BCUT2D eigenvalue weighted by atomic mass is 10.1. The molecule has 2 aromatic carbocycles. The molecule has 0 unspecified atom stereocenters. The number of likely N-dealkylation sites (N-methyl/N-ethyl adjacent to an activating group) is 1. The van der Waals surface area contributed by atoms with Crippen LogP contribution in [0, 0.1) is 0 Å². The highest BCUT2D eigenvalue weighted by molar-refractivity contribution is 6.33. The average Bonchev–Trinajstić information content (AvgIpc) is 2.89. The molecule has 0 aliphatic carbocycles. The minimum absolute atomic E-state index is 0.165. The van der Waals surface area contributed by atoms with Crippen LogP contribution in [-0.2, 0) is 4.74 Å². The average molecular weight is 562 g/mol. The molecule has 8 heteroatoms. The van der Waals surface area contributed by atoms with Gasteiger partial charge in [0.1, 0.15) is 19.0 Å². The first-order valence-corrected chi connectivity index (χ1v) is 14.4. The smallest absolute Gasteiger partial charge is 0.339 e. The fourth-order valence-electron chi connectivity index (χ4n) is 4.14. The topological polar surface area (TPSA) is 85.1 Å². The summed E-state index contributed by atoms with van der Waals surface area (Å²) in [4.78, 5) is 28.4. The van der Waals surface area contributed by atoms with Crippen LogP contribution in [0.2, 0.25) is 5.02 Å². The Kier molecular flexibility index (Phi) is 16.4. The number of carbonyl (C=O) groups is 2. The number of halogens is 1. The lowest BCUT2D eigenvalue weighted by molar-refractivity contribution is 0.0466. The largest absolute Gasteiger partial charge is 0.491 e. The van der Waals surface area contributed by atoms with E-state index in [9.17, 15) is 9.59 Å². The summed E-state index contributed by atoms with van der Waals surface area (Å²) in [5.74, 6) is 0.466. The molecule has 0 amide bonds. The number of rotatable bonds is 15. The highest BCUT2D eigenvalue weighted by Gasteiger charge is 2.15. The SMILES string of the molecule is CCCC(=O)c1ccccc1OCCN(C(C)C)C(C)C.CCN(CC)CCOC(=O)c1ccc(N)cc1Cl. The van der Waals surface area contributed by atoms with Crippen LogP contribution in [0.1, 0.15) is 82.0 Å². The Hall–Kier alpha value is -2.61. The molecule has 0 saturated carbocycles. The Morgan fingerprint density at radius 3 is 2.10 bits per heavy atom. The van der Waals surface area contributed by atoms with Crippen molar-refractivity contribution in [3.05, 3.63) is 58.6 Å². The summed E-state index contributed by atoms with van der Waals surface area (Å²) in [6.45, 7) is 19.4. The zero-order valence-electron chi connectivity index (χ0n) is 24.8. The minimum Gasteiger partial charge on any atom is -0.491 e. The number of benzene rings is 2. The van der Waals surface area contributed by atoms with Crippen LogP contribution < -0.4 is 10.5 Å². The molecule has 0 atom stereocenters. The first-order chi connectivity index (χ1) is 18.5. The maximum Gasteiger partial charge on any atom is 0.339 e. The second-order valence-corrected chi connectivity index (χ2v) is 10.3. The predicted octanol–water partition coefficient (Wildman–Crippen LogP) is 6.59. The summed E-state index contributed by atoms with van der Waals surface area (Å²) in [6, 6.07) is 13.3. The summed E-state index contributed by atoms with van der Waals surface area (Å²) < 4.78 is 11.0. The van der Waals surface area contributed by atoms with Gasteiger partial charge in [0.25, 0.3) is 0 Å². The van der Waals surface area contributed by atoms with Crippen LogP contribution in [0.4, 0.5) is 5.69 Å². The van der Waals surface area contributed by atoms with Gasteiger partial charge >= 0.3 is 5.97 Å². The second-order valence-electron chi connectivity index (χ2n) is 9.85. The Labute approximate surface area is 240 Å². The Morgan fingerprint density at radius 1 is 0.897 bits per heavy atom. The van der Waals surface area contributed by atoms with Gasteiger partial charge in [-0.3, -0.25) is 9.69 Å². The summed E-state index contributed by atoms with van der Waals surface area (Å²) in [6.07, 6.45) is 1.44. The van der Waals surface area contributed by atoms with Crippen LogP contribution in [0.5, 0.6) is 5.75 Å². The molecule has 0 aliphatic rings. The first-order valence-electron chi connectivity index (χ1n) is 14.0. The number of hydrogen-bond donors (Lipinski definition) is 1. The van der Waals surface area contributed by atoms with Crippen LogP contribution in [0.25, 0.3) is 0 Å². The van der Waals surface area contributed by atoms with E-state index in [0.717, 1.165) is 32.6 Å². The fraction of sp³-hybridized carbons (Fsp3) is 0.548. The number of esters is 1. The van der Waals surface area contributed by atoms with Gasteiger partial charge in [-0.1, -0.05) is 44.5 Å². The third-order valence-corrected chi connectivity index (χ3v) is 6.66. The van der Waals surface area contributed by atoms with Gasteiger partial charge in [-0.2, -0.15) is 0 Å². The van der Waals surface area contributed by atoms with E-state index >= 15 is 0 Å². The first kappa shape index (κ1) is 34.4. The number of nitrogens with zero attached hydrogens (tertiary/aromatic N) is 2. The van der Waals surface area contributed by atoms with Gasteiger partial charge in [0, 0.05) is 37.3 Å². The molecule has 0 fully saturated rings. The van der Waals surface area contributed by atoms with Crippen molar-refractivity contribution in [2.75, 3.05) is 45.1 Å². The van der Waals surface area contributed by atoms with Crippen molar-refractivity contribution in [3.63, 3.8) is 0 Å². The van der Waals surface area contributed by atoms with Gasteiger partial charge < -0.3 is 20.1 Å². The molecule has 0 bridgehead atoms. The Bertz CT molecular complexity index is 1000. The monoisotopic (exact) mass is 561 g/mol. The van der Waals surface area contributed by atoms with Gasteiger partial charge in [-0.05, 0) is 77.5 Å². The molecule has 0 aliphatic heterocycles. The molecular weight excluding hydrogens is 514 g/mol. The van der Waals surface area contributed by atoms with Gasteiger partial charge in [-0.15, -0.1) is 0 Å². The fourth-order valence-corrected chi connectivity index (χ4v) is 4.41. The van der Waals surface area contributed by atoms with Crippen molar-refractivity contribution in [1.82, 2.24) is 9.80 Å². The van der Waals surface area contributed by atoms with Crippen molar-refractivity contribution in [2.45, 2.75) is 73.4 Å².